The first-order valence-electron chi connectivity index (χ1n) is 20.8. The number of rotatable bonds is 39. The number of allylic oxidation sites excluding steroid dienone is 1. The summed E-state index contributed by atoms with van der Waals surface area (Å²) in [7, 11) is -4.33. The third-order valence-corrected chi connectivity index (χ3v) is 10.3. The number of carbonyl (C=O) groups is 1. The second kappa shape index (κ2) is 37.0. The average molecular weight is 717 g/mol. The number of nitrogens with one attached hydrogen (secondary N) is 1. The number of amides is 1. The Morgan fingerprint density at radius 1 is 0.653 bits per heavy atom. The standard InChI is InChI=1S/C40H81N2O6P/c1-3-5-7-9-11-13-15-17-19-21-23-25-27-29-31-33-39(43)38(37-48-49(45,46)47-36-35-41)42-40(44)34-32-30-28-26-24-22-20-18-16-14-12-10-8-6-4-2/h31,33,38-39,43H,3-30,32,34-37,41H2,1-2H3,(H,42,44)(H,45,46)/b33-31+. The molecule has 1 amide bonds. The van der Waals surface area contributed by atoms with E-state index >= 15 is 0 Å². The molecule has 0 saturated carbocycles. The zero-order valence-electron chi connectivity index (χ0n) is 32.2. The van der Waals surface area contributed by atoms with Crippen molar-refractivity contribution in [1.29, 1.82) is 0 Å². The van der Waals surface area contributed by atoms with Crippen LogP contribution in [-0.4, -0.2) is 47.8 Å². The Labute approximate surface area is 303 Å². The Hall–Kier alpha value is -0.760. The van der Waals surface area contributed by atoms with Crippen molar-refractivity contribution >= 4 is 13.7 Å². The van der Waals surface area contributed by atoms with Gasteiger partial charge in [-0.3, -0.25) is 13.8 Å². The predicted molar refractivity (Wildman–Crippen MR) is 208 cm³/mol. The van der Waals surface area contributed by atoms with Gasteiger partial charge in [-0.1, -0.05) is 193 Å². The number of hydrogen-bond acceptors (Lipinski definition) is 6. The highest BCUT2D eigenvalue weighted by atomic mass is 31.2. The normalized spacial score (nSPS) is 14.3. The highest BCUT2D eigenvalue weighted by Gasteiger charge is 2.26. The summed E-state index contributed by atoms with van der Waals surface area (Å²) >= 11 is 0. The quantitative estimate of drug-likeness (QED) is 0.0283. The van der Waals surface area contributed by atoms with E-state index in [1.165, 1.54) is 148 Å². The number of hydrogen-bond donors (Lipinski definition) is 4. The van der Waals surface area contributed by atoms with Crippen LogP contribution >= 0.6 is 7.82 Å². The summed E-state index contributed by atoms with van der Waals surface area (Å²) in [5, 5.41) is 13.6. The zero-order chi connectivity index (χ0) is 36.1. The number of unbranched alkanes of at least 4 members (excludes halogenated alkanes) is 27. The van der Waals surface area contributed by atoms with Gasteiger partial charge >= 0.3 is 7.82 Å². The van der Waals surface area contributed by atoms with Gasteiger partial charge in [-0.25, -0.2) is 4.57 Å². The second-order valence-corrected chi connectivity index (χ2v) is 15.7. The second-order valence-electron chi connectivity index (χ2n) is 14.2. The minimum absolute atomic E-state index is 0.0812. The first kappa shape index (κ1) is 48.2. The lowest BCUT2D eigenvalue weighted by atomic mass is 10.0. The summed E-state index contributed by atoms with van der Waals surface area (Å²) in [6.45, 7) is 4.15. The summed E-state index contributed by atoms with van der Waals surface area (Å²) in [4.78, 5) is 22.6. The van der Waals surface area contributed by atoms with E-state index in [4.69, 9.17) is 14.8 Å². The third-order valence-electron chi connectivity index (χ3n) is 9.36. The van der Waals surface area contributed by atoms with Crippen molar-refractivity contribution in [3.05, 3.63) is 12.2 Å². The molecular weight excluding hydrogens is 635 g/mol. The zero-order valence-corrected chi connectivity index (χ0v) is 33.1. The van der Waals surface area contributed by atoms with Crippen LogP contribution in [0, 0.1) is 0 Å². The summed E-state index contributed by atoms with van der Waals surface area (Å²) < 4.78 is 22.1. The van der Waals surface area contributed by atoms with Crippen molar-refractivity contribution in [3.8, 4) is 0 Å². The van der Waals surface area contributed by atoms with Gasteiger partial charge in [-0.2, -0.15) is 0 Å². The van der Waals surface area contributed by atoms with E-state index in [0.29, 0.717) is 6.42 Å². The van der Waals surface area contributed by atoms with Gasteiger partial charge in [0.05, 0.1) is 25.4 Å². The molecule has 0 aromatic carbocycles. The molecule has 5 N–H and O–H groups in total. The molecule has 0 aliphatic rings. The van der Waals surface area contributed by atoms with Gasteiger partial charge in [0.15, 0.2) is 0 Å². The predicted octanol–water partition coefficient (Wildman–Crippen LogP) is 11.2. The molecule has 9 heteroatoms. The van der Waals surface area contributed by atoms with Gasteiger partial charge in [-0.05, 0) is 19.3 Å². The van der Waals surface area contributed by atoms with Gasteiger partial charge in [-0.15, -0.1) is 0 Å². The van der Waals surface area contributed by atoms with Crippen LogP contribution < -0.4 is 11.1 Å². The van der Waals surface area contributed by atoms with Crippen LogP contribution in [0.1, 0.15) is 206 Å². The molecule has 0 aromatic rings. The molecule has 0 aliphatic carbocycles. The molecule has 0 fully saturated rings. The largest absolute Gasteiger partial charge is 0.472 e. The van der Waals surface area contributed by atoms with Crippen LogP contribution in [0.3, 0.4) is 0 Å². The first-order valence-corrected chi connectivity index (χ1v) is 22.3. The van der Waals surface area contributed by atoms with Crippen molar-refractivity contribution in [2.24, 2.45) is 5.73 Å². The van der Waals surface area contributed by atoms with Crippen LogP contribution in [0.25, 0.3) is 0 Å². The lowest BCUT2D eigenvalue weighted by Gasteiger charge is -2.23. The van der Waals surface area contributed by atoms with E-state index in [9.17, 15) is 19.4 Å². The van der Waals surface area contributed by atoms with E-state index in [2.05, 4.69) is 19.2 Å². The highest BCUT2D eigenvalue weighted by molar-refractivity contribution is 7.47. The molecule has 0 aromatic heterocycles. The van der Waals surface area contributed by atoms with Gasteiger partial charge in [0.2, 0.25) is 5.91 Å². The number of aliphatic hydroxyl groups excluding tert-OH is 1. The number of phosphoric ester groups is 1. The number of aliphatic hydroxyl groups is 1. The Morgan fingerprint density at radius 2 is 1.04 bits per heavy atom. The molecule has 8 nitrogen and oxygen atoms in total. The van der Waals surface area contributed by atoms with E-state index < -0.39 is 20.0 Å². The Bertz CT molecular complexity index is 784. The van der Waals surface area contributed by atoms with Gasteiger partial charge in [0, 0.05) is 13.0 Å². The van der Waals surface area contributed by atoms with E-state index in [-0.39, 0.29) is 25.7 Å². The molecular formula is C40H81N2O6P. The van der Waals surface area contributed by atoms with Gasteiger partial charge < -0.3 is 21.1 Å². The number of carbonyl (C=O) groups excluding carboxylic acids is 1. The molecule has 0 heterocycles. The summed E-state index contributed by atoms with van der Waals surface area (Å²) in [5.41, 5.74) is 5.36. The maximum absolute atomic E-state index is 12.7. The Kier molecular flexibility index (Phi) is 36.4. The highest BCUT2D eigenvalue weighted by Crippen LogP contribution is 2.43. The van der Waals surface area contributed by atoms with Crippen molar-refractivity contribution in [3.63, 3.8) is 0 Å². The Morgan fingerprint density at radius 3 is 1.45 bits per heavy atom. The SMILES string of the molecule is CCCCCCCCCCCCCCC/C=C/C(O)C(COP(=O)(O)OCCN)NC(=O)CCCCCCCCCCCCCCCCC. The minimum Gasteiger partial charge on any atom is -0.387 e. The topological polar surface area (TPSA) is 131 Å². The van der Waals surface area contributed by atoms with Crippen LogP contribution in [0.5, 0.6) is 0 Å². The molecule has 0 radical (unpaired) electrons. The van der Waals surface area contributed by atoms with Crippen molar-refractivity contribution in [2.75, 3.05) is 19.8 Å². The van der Waals surface area contributed by atoms with Crippen molar-refractivity contribution < 1.29 is 28.4 Å². The summed E-state index contributed by atoms with van der Waals surface area (Å²) in [6.07, 6.45) is 39.6. The maximum atomic E-state index is 12.7. The molecule has 0 bridgehead atoms. The van der Waals surface area contributed by atoms with Crippen molar-refractivity contribution in [2.45, 2.75) is 219 Å². The van der Waals surface area contributed by atoms with Gasteiger partial charge in [0.1, 0.15) is 0 Å². The number of phosphoric acid groups is 1. The van der Waals surface area contributed by atoms with Crippen LogP contribution in [0.4, 0.5) is 0 Å². The van der Waals surface area contributed by atoms with E-state index in [0.717, 1.165) is 38.5 Å². The van der Waals surface area contributed by atoms with E-state index in [1.807, 2.05) is 6.08 Å². The molecule has 292 valence electrons. The first-order chi connectivity index (χ1) is 23.9. The van der Waals surface area contributed by atoms with Crippen LogP contribution in [0.15, 0.2) is 12.2 Å². The fourth-order valence-electron chi connectivity index (χ4n) is 6.19. The molecule has 49 heavy (non-hydrogen) atoms. The van der Waals surface area contributed by atoms with Crippen LogP contribution in [-0.2, 0) is 18.4 Å². The monoisotopic (exact) mass is 717 g/mol. The van der Waals surface area contributed by atoms with Gasteiger partial charge in [0.25, 0.3) is 0 Å². The van der Waals surface area contributed by atoms with Crippen molar-refractivity contribution in [1.82, 2.24) is 5.32 Å². The average Bonchev–Trinajstić information content (AvgIpc) is 3.09. The third kappa shape index (κ3) is 35.4. The maximum Gasteiger partial charge on any atom is 0.472 e. The smallest absolute Gasteiger partial charge is 0.387 e. The number of nitrogens with two attached hydrogens (primary N) is 1. The summed E-state index contributed by atoms with van der Waals surface area (Å²) in [6, 6.07) is -0.853. The minimum atomic E-state index is -4.33. The fraction of sp³-hybridized carbons (Fsp3) is 0.925. The Balaban J connectivity index is 4.23. The lowest BCUT2D eigenvalue weighted by molar-refractivity contribution is -0.123. The molecule has 0 rings (SSSR count). The lowest BCUT2D eigenvalue weighted by Crippen LogP contribution is -2.45. The molecule has 0 saturated heterocycles. The molecule has 3 atom stereocenters. The summed E-state index contributed by atoms with van der Waals surface area (Å²) in [5.74, 6) is -0.192. The molecule has 0 aliphatic heterocycles. The molecule has 0 spiro atoms. The van der Waals surface area contributed by atoms with Crippen LogP contribution in [0.2, 0.25) is 0 Å². The molecule has 3 unspecified atom stereocenters. The fourth-order valence-corrected chi connectivity index (χ4v) is 6.95. The van der Waals surface area contributed by atoms with E-state index in [1.54, 1.807) is 6.08 Å².